The van der Waals surface area contributed by atoms with Crippen LogP contribution in [0.4, 0.5) is 11.4 Å². The number of rotatable bonds is 8. The summed E-state index contributed by atoms with van der Waals surface area (Å²) in [5.74, 6) is -1.49. The Morgan fingerprint density at radius 1 is 0.968 bits per heavy atom. The van der Waals surface area contributed by atoms with Crippen molar-refractivity contribution in [3.8, 4) is 5.75 Å². The smallest absolute Gasteiger partial charge is 0.261 e. The van der Waals surface area contributed by atoms with E-state index in [9.17, 15) is 23.1 Å². The normalized spacial score (nSPS) is 10.9. The number of nitrogens with one attached hydrogen (secondary N) is 2. The highest BCUT2D eigenvalue weighted by Gasteiger charge is 2.17. The molecule has 0 atom stereocenters. The summed E-state index contributed by atoms with van der Waals surface area (Å²) in [4.78, 5) is 23.6. The molecule has 3 aromatic carbocycles. The van der Waals surface area contributed by atoms with Crippen LogP contribution in [-0.4, -0.2) is 26.9 Å². The summed E-state index contributed by atoms with van der Waals surface area (Å²) in [6.45, 7) is 2.34. The van der Waals surface area contributed by atoms with Crippen LogP contribution >= 0.6 is 0 Å². The first-order valence-corrected chi connectivity index (χ1v) is 10.8. The summed E-state index contributed by atoms with van der Waals surface area (Å²) in [6, 6.07) is 17.6. The first-order chi connectivity index (χ1) is 14.8. The van der Waals surface area contributed by atoms with Gasteiger partial charge < -0.3 is 20.0 Å². The predicted molar refractivity (Wildman–Crippen MR) is 114 cm³/mol. The van der Waals surface area contributed by atoms with Gasteiger partial charge in [0.15, 0.2) is 0 Å². The SMILES string of the molecule is CCOc1ccc(NS(=O)(=O)c2cccc(C(=O)Nc3ccccc3C(=O)[O-])c2)cc1. The molecule has 0 bridgehead atoms. The van der Waals surface area contributed by atoms with Gasteiger partial charge in [-0.25, -0.2) is 8.42 Å². The van der Waals surface area contributed by atoms with Crippen LogP contribution < -0.4 is 19.9 Å². The van der Waals surface area contributed by atoms with Crippen LogP contribution in [0.15, 0.2) is 77.7 Å². The fourth-order valence-corrected chi connectivity index (χ4v) is 3.87. The second kappa shape index (κ2) is 9.31. The van der Waals surface area contributed by atoms with Gasteiger partial charge in [0.1, 0.15) is 5.75 Å². The van der Waals surface area contributed by atoms with Gasteiger partial charge in [-0.15, -0.1) is 0 Å². The Balaban J connectivity index is 1.80. The second-order valence-corrected chi connectivity index (χ2v) is 8.06. The van der Waals surface area contributed by atoms with Crippen molar-refractivity contribution in [1.29, 1.82) is 0 Å². The molecule has 31 heavy (non-hydrogen) atoms. The molecule has 0 spiro atoms. The van der Waals surface area contributed by atoms with Crippen molar-refractivity contribution in [3.05, 3.63) is 83.9 Å². The lowest BCUT2D eigenvalue weighted by Crippen LogP contribution is -2.24. The minimum absolute atomic E-state index is 0.0442. The molecule has 1 amide bonds. The maximum absolute atomic E-state index is 12.7. The molecule has 3 rings (SSSR count). The first-order valence-electron chi connectivity index (χ1n) is 9.27. The molecule has 9 heteroatoms. The third-order valence-corrected chi connectivity index (χ3v) is 5.60. The van der Waals surface area contributed by atoms with E-state index in [1.807, 2.05) is 6.92 Å². The van der Waals surface area contributed by atoms with E-state index in [-0.39, 0.29) is 21.7 Å². The number of amides is 1. The van der Waals surface area contributed by atoms with Gasteiger partial charge in [-0.2, -0.15) is 0 Å². The van der Waals surface area contributed by atoms with E-state index in [1.54, 1.807) is 30.3 Å². The highest BCUT2D eigenvalue weighted by Crippen LogP contribution is 2.21. The number of hydrogen-bond donors (Lipinski definition) is 2. The largest absolute Gasteiger partial charge is 0.545 e. The van der Waals surface area contributed by atoms with Crippen molar-refractivity contribution in [2.45, 2.75) is 11.8 Å². The van der Waals surface area contributed by atoms with Gasteiger partial charge in [0.25, 0.3) is 15.9 Å². The zero-order chi connectivity index (χ0) is 22.4. The number of carboxylic acids is 1. The zero-order valence-corrected chi connectivity index (χ0v) is 17.3. The summed E-state index contributed by atoms with van der Waals surface area (Å²) in [6.07, 6.45) is 0. The topological polar surface area (TPSA) is 125 Å². The minimum Gasteiger partial charge on any atom is -0.545 e. The van der Waals surface area contributed by atoms with Crippen LogP contribution in [-0.2, 0) is 10.0 Å². The van der Waals surface area contributed by atoms with Crippen LogP contribution in [0.25, 0.3) is 0 Å². The molecule has 160 valence electrons. The number of carbonyl (C=O) groups is 2. The lowest BCUT2D eigenvalue weighted by atomic mass is 10.1. The predicted octanol–water partition coefficient (Wildman–Crippen LogP) is 2.50. The Labute approximate surface area is 179 Å². The fourth-order valence-electron chi connectivity index (χ4n) is 2.77. The quantitative estimate of drug-likeness (QED) is 0.556. The Morgan fingerprint density at radius 3 is 2.35 bits per heavy atom. The zero-order valence-electron chi connectivity index (χ0n) is 16.5. The molecule has 0 heterocycles. The van der Waals surface area contributed by atoms with Gasteiger partial charge in [0.2, 0.25) is 0 Å². The molecule has 0 aliphatic carbocycles. The number of anilines is 2. The lowest BCUT2D eigenvalue weighted by Gasteiger charge is -2.13. The fraction of sp³-hybridized carbons (Fsp3) is 0.0909. The monoisotopic (exact) mass is 439 g/mol. The van der Waals surface area contributed by atoms with E-state index in [1.165, 1.54) is 42.5 Å². The maximum Gasteiger partial charge on any atom is 0.261 e. The van der Waals surface area contributed by atoms with E-state index in [4.69, 9.17) is 4.74 Å². The maximum atomic E-state index is 12.7. The van der Waals surface area contributed by atoms with Crippen molar-refractivity contribution < 1.29 is 27.9 Å². The molecule has 0 radical (unpaired) electrons. The molecule has 0 aromatic heterocycles. The van der Waals surface area contributed by atoms with Crippen LogP contribution in [0.2, 0.25) is 0 Å². The number of carbonyl (C=O) groups excluding carboxylic acids is 2. The van der Waals surface area contributed by atoms with Crippen molar-refractivity contribution in [1.82, 2.24) is 0 Å². The van der Waals surface area contributed by atoms with Crippen molar-refractivity contribution in [2.75, 3.05) is 16.6 Å². The van der Waals surface area contributed by atoms with Gasteiger partial charge in [-0.05, 0) is 55.5 Å². The molecule has 0 aliphatic rings. The van der Waals surface area contributed by atoms with Gasteiger partial charge in [0, 0.05) is 16.8 Å². The molecule has 0 fully saturated rings. The highest BCUT2D eigenvalue weighted by molar-refractivity contribution is 7.92. The molecule has 2 N–H and O–H groups in total. The van der Waals surface area contributed by atoms with Crippen molar-refractivity contribution in [2.24, 2.45) is 0 Å². The standard InChI is InChI=1S/C22H20N2O6S/c1-2-30-17-12-10-16(11-13-17)24-31(28,29)18-7-5-6-15(14-18)21(25)23-20-9-4-3-8-19(20)22(26)27/h3-14,24H,2H2,1H3,(H,23,25)(H,26,27)/p-1. The Morgan fingerprint density at radius 2 is 1.68 bits per heavy atom. The molecule has 8 nitrogen and oxygen atoms in total. The number of sulfonamides is 1. The number of benzene rings is 3. The highest BCUT2D eigenvalue weighted by atomic mass is 32.2. The second-order valence-electron chi connectivity index (χ2n) is 6.38. The molecule has 0 aliphatic heterocycles. The van der Waals surface area contributed by atoms with Crippen LogP contribution in [0.1, 0.15) is 27.6 Å². The average molecular weight is 439 g/mol. The number of aromatic carboxylic acids is 1. The van der Waals surface area contributed by atoms with E-state index in [0.717, 1.165) is 0 Å². The van der Waals surface area contributed by atoms with Gasteiger partial charge >= 0.3 is 0 Å². The summed E-state index contributed by atoms with van der Waals surface area (Å²) in [7, 11) is -3.96. The van der Waals surface area contributed by atoms with E-state index in [2.05, 4.69) is 10.0 Å². The van der Waals surface area contributed by atoms with Gasteiger partial charge in [0.05, 0.1) is 23.2 Å². The molecule has 0 unspecified atom stereocenters. The number of ether oxygens (including phenoxy) is 1. The van der Waals surface area contributed by atoms with Crippen molar-refractivity contribution in [3.63, 3.8) is 0 Å². The Kier molecular flexibility index (Phi) is 6.56. The number of carboxylic acid groups (broad SMARTS) is 1. The van der Waals surface area contributed by atoms with E-state index in [0.29, 0.717) is 18.0 Å². The summed E-state index contributed by atoms with van der Waals surface area (Å²) in [5.41, 5.74) is 0.244. The Bertz CT molecular complexity index is 1210. The third kappa shape index (κ3) is 5.40. The lowest BCUT2D eigenvalue weighted by molar-refractivity contribution is -0.254. The average Bonchev–Trinajstić information content (AvgIpc) is 2.75. The van der Waals surface area contributed by atoms with Crippen LogP contribution in [0.3, 0.4) is 0 Å². The molecule has 0 saturated carbocycles. The molecular weight excluding hydrogens is 420 g/mol. The first kappa shape index (κ1) is 21.8. The summed E-state index contributed by atoms with van der Waals surface area (Å²) in [5, 5.41) is 13.7. The molecular formula is C22H19N2O6S-. The Hall–Kier alpha value is -3.85. The van der Waals surface area contributed by atoms with Gasteiger partial charge in [-0.1, -0.05) is 24.3 Å². The third-order valence-electron chi connectivity index (χ3n) is 4.22. The number of para-hydroxylation sites is 1. The van der Waals surface area contributed by atoms with E-state index < -0.39 is 21.9 Å². The van der Waals surface area contributed by atoms with Crippen LogP contribution in [0.5, 0.6) is 5.75 Å². The minimum atomic E-state index is -3.96. The molecule has 0 saturated heterocycles. The molecule has 3 aromatic rings. The number of hydrogen-bond acceptors (Lipinski definition) is 6. The van der Waals surface area contributed by atoms with Gasteiger partial charge in [-0.3, -0.25) is 9.52 Å². The summed E-state index contributed by atoms with van der Waals surface area (Å²) >= 11 is 0. The van der Waals surface area contributed by atoms with Crippen molar-refractivity contribution >= 4 is 33.3 Å². The van der Waals surface area contributed by atoms with E-state index >= 15 is 0 Å². The van der Waals surface area contributed by atoms with Crippen LogP contribution in [0, 0.1) is 0 Å². The summed E-state index contributed by atoms with van der Waals surface area (Å²) < 4.78 is 33.2.